The zero-order valence-corrected chi connectivity index (χ0v) is 12.1. The minimum Gasteiger partial charge on any atom is -0.381 e. The molecule has 3 heteroatoms. The van der Waals surface area contributed by atoms with Gasteiger partial charge in [-0.2, -0.15) is 0 Å². The first-order valence-electron chi connectivity index (χ1n) is 8.38. The lowest BCUT2D eigenvalue weighted by Crippen LogP contribution is -2.46. The van der Waals surface area contributed by atoms with E-state index >= 15 is 0 Å². The van der Waals surface area contributed by atoms with E-state index in [0.717, 1.165) is 31.2 Å². The van der Waals surface area contributed by atoms with Crippen molar-refractivity contribution in [3.8, 4) is 0 Å². The minimum atomic E-state index is 0.417. The van der Waals surface area contributed by atoms with Crippen LogP contribution in [0.15, 0.2) is 0 Å². The van der Waals surface area contributed by atoms with Crippen LogP contribution in [0.3, 0.4) is 0 Å². The fourth-order valence-electron chi connectivity index (χ4n) is 3.46. The Morgan fingerprint density at radius 2 is 1.95 bits per heavy atom. The first-order valence-corrected chi connectivity index (χ1v) is 8.38. The number of hydrogen-bond donors (Lipinski definition) is 1. The Labute approximate surface area is 117 Å². The first-order chi connectivity index (χ1) is 9.33. The van der Waals surface area contributed by atoms with Crippen LogP contribution in [0.4, 0.5) is 0 Å². The fourth-order valence-corrected chi connectivity index (χ4v) is 3.46. The second kappa shape index (κ2) is 5.01. The highest BCUT2D eigenvalue weighted by atomic mass is 16.5. The third-order valence-electron chi connectivity index (χ3n) is 5.32. The zero-order valence-electron chi connectivity index (χ0n) is 12.1. The predicted octanol–water partition coefficient (Wildman–Crippen LogP) is 2.02. The molecule has 1 saturated heterocycles. The molecule has 1 aliphatic heterocycles. The molecule has 1 heterocycles. The van der Waals surface area contributed by atoms with Gasteiger partial charge in [0.2, 0.25) is 0 Å². The predicted molar refractivity (Wildman–Crippen MR) is 76.2 cm³/mol. The van der Waals surface area contributed by atoms with Gasteiger partial charge in [-0.25, -0.2) is 0 Å². The van der Waals surface area contributed by atoms with Crippen LogP contribution in [0.1, 0.15) is 44.9 Å². The molecule has 0 bridgehead atoms. The molecule has 0 aromatic rings. The van der Waals surface area contributed by atoms with E-state index in [1.54, 1.807) is 0 Å². The van der Waals surface area contributed by atoms with Crippen LogP contribution in [-0.4, -0.2) is 49.8 Å². The Bertz CT molecular complexity index is 315. The molecule has 1 N–H and O–H groups in total. The maximum Gasteiger partial charge on any atom is 0.0547 e. The summed E-state index contributed by atoms with van der Waals surface area (Å²) in [7, 11) is 0. The van der Waals surface area contributed by atoms with E-state index in [0.29, 0.717) is 5.41 Å². The highest BCUT2D eigenvalue weighted by Gasteiger charge is 2.42. The van der Waals surface area contributed by atoms with Crippen molar-refractivity contribution in [2.45, 2.75) is 57.0 Å². The number of hydrogen-bond acceptors (Lipinski definition) is 3. The molecule has 3 nitrogen and oxygen atoms in total. The molecule has 0 radical (unpaired) electrons. The van der Waals surface area contributed by atoms with E-state index in [1.165, 1.54) is 64.6 Å². The van der Waals surface area contributed by atoms with Gasteiger partial charge in [-0.3, -0.25) is 4.90 Å². The molecule has 0 spiro atoms. The second-order valence-electron chi connectivity index (χ2n) is 7.56. The molecule has 3 aliphatic carbocycles. The van der Waals surface area contributed by atoms with Crippen molar-refractivity contribution in [3.63, 3.8) is 0 Å². The van der Waals surface area contributed by atoms with Gasteiger partial charge in [0.15, 0.2) is 0 Å². The average Bonchev–Trinajstić information content (AvgIpc) is 3.23. The third-order valence-corrected chi connectivity index (χ3v) is 5.32. The Balaban J connectivity index is 1.37. The summed E-state index contributed by atoms with van der Waals surface area (Å²) in [5, 5.41) is 3.77. The molecule has 4 rings (SSSR count). The summed E-state index contributed by atoms with van der Waals surface area (Å²) in [6.45, 7) is 5.81. The van der Waals surface area contributed by atoms with Crippen LogP contribution in [0.25, 0.3) is 0 Å². The smallest absolute Gasteiger partial charge is 0.0547 e. The van der Waals surface area contributed by atoms with Crippen molar-refractivity contribution in [1.82, 2.24) is 10.2 Å². The van der Waals surface area contributed by atoms with E-state index in [9.17, 15) is 0 Å². The normalized spacial score (nSPS) is 35.2. The summed E-state index contributed by atoms with van der Waals surface area (Å²) in [5.41, 5.74) is 0.417. The van der Waals surface area contributed by atoms with Crippen molar-refractivity contribution in [2.24, 2.45) is 11.3 Å². The molecule has 108 valence electrons. The molecule has 1 atom stereocenters. The van der Waals surface area contributed by atoms with Gasteiger partial charge in [-0.05, 0) is 50.9 Å². The average molecular weight is 264 g/mol. The van der Waals surface area contributed by atoms with Gasteiger partial charge in [0, 0.05) is 43.7 Å². The molecule has 4 aliphatic rings. The molecule has 4 fully saturated rings. The molecule has 3 saturated carbocycles. The molecule has 1 unspecified atom stereocenters. The third kappa shape index (κ3) is 3.32. The van der Waals surface area contributed by atoms with Crippen LogP contribution in [-0.2, 0) is 4.74 Å². The Morgan fingerprint density at radius 1 is 1.11 bits per heavy atom. The van der Waals surface area contributed by atoms with E-state index in [4.69, 9.17) is 4.74 Å². The summed E-state index contributed by atoms with van der Waals surface area (Å²) >= 11 is 0. The van der Waals surface area contributed by atoms with E-state index in [1.807, 2.05) is 0 Å². The van der Waals surface area contributed by atoms with Gasteiger partial charge in [-0.1, -0.05) is 0 Å². The van der Waals surface area contributed by atoms with Crippen LogP contribution in [0.2, 0.25) is 0 Å². The van der Waals surface area contributed by atoms with Gasteiger partial charge in [0.05, 0.1) is 6.61 Å². The van der Waals surface area contributed by atoms with Gasteiger partial charge in [0.1, 0.15) is 0 Å². The van der Waals surface area contributed by atoms with Crippen LogP contribution < -0.4 is 5.32 Å². The Morgan fingerprint density at radius 3 is 2.53 bits per heavy atom. The van der Waals surface area contributed by atoms with Gasteiger partial charge < -0.3 is 10.1 Å². The second-order valence-corrected chi connectivity index (χ2v) is 7.56. The molecular weight excluding hydrogens is 236 g/mol. The van der Waals surface area contributed by atoms with Gasteiger partial charge in [0.25, 0.3) is 0 Å². The van der Waals surface area contributed by atoms with E-state index in [2.05, 4.69) is 10.2 Å². The molecule has 0 aromatic carbocycles. The van der Waals surface area contributed by atoms with Crippen LogP contribution >= 0.6 is 0 Å². The Kier molecular flexibility index (Phi) is 3.33. The minimum absolute atomic E-state index is 0.417. The van der Waals surface area contributed by atoms with Crippen molar-refractivity contribution in [3.05, 3.63) is 0 Å². The number of ether oxygens (including phenoxy) is 1. The summed E-state index contributed by atoms with van der Waals surface area (Å²) in [6.07, 6.45) is 9.90. The summed E-state index contributed by atoms with van der Waals surface area (Å²) in [6, 6.07) is 1.74. The zero-order chi connectivity index (χ0) is 12.7. The number of nitrogens with one attached hydrogen (secondary N) is 1. The van der Waals surface area contributed by atoms with Crippen molar-refractivity contribution in [1.29, 1.82) is 0 Å². The standard InChI is InChI=1S/C16H28N2O/c1-2-13(1)9-18(15-5-6-15)11-16(7-8-19-12-16)10-17-14-3-4-14/h13-15,17H,1-12H2. The lowest BCUT2D eigenvalue weighted by atomic mass is 9.86. The molecule has 0 amide bonds. The van der Waals surface area contributed by atoms with Crippen LogP contribution in [0, 0.1) is 11.3 Å². The van der Waals surface area contributed by atoms with Gasteiger partial charge in [-0.15, -0.1) is 0 Å². The first kappa shape index (κ1) is 12.6. The Hall–Kier alpha value is -0.120. The van der Waals surface area contributed by atoms with Gasteiger partial charge >= 0.3 is 0 Å². The maximum atomic E-state index is 5.77. The topological polar surface area (TPSA) is 24.5 Å². The largest absolute Gasteiger partial charge is 0.381 e. The highest BCUT2D eigenvalue weighted by molar-refractivity contribution is 4.96. The molecular formula is C16H28N2O. The summed E-state index contributed by atoms with van der Waals surface area (Å²) < 4.78 is 5.77. The van der Waals surface area contributed by atoms with E-state index < -0.39 is 0 Å². The quantitative estimate of drug-likeness (QED) is 0.726. The highest BCUT2D eigenvalue weighted by Crippen LogP contribution is 2.39. The summed E-state index contributed by atoms with van der Waals surface area (Å²) in [4.78, 5) is 2.82. The monoisotopic (exact) mass is 264 g/mol. The van der Waals surface area contributed by atoms with E-state index in [-0.39, 0.29) is 0 Å². The van der Waals surface area contributed by atoms with Crippen molar-refractivity contribution in [2.75, 3.05) is 32.8 Å². The fraction of sp³-hybridized carbons (Fsp3) is 1.00. The molecule has 0 aromatic heterocycles. The summed E-state index contributed by atoms with van der Waals surface area (Å²) in [5.74, 6) is 1.02. The number of nitrogens with zero attached hydrogens (tertiary/aromatic N) is 1. The number of rotatable bonds is 8. The van der Waals surface area contributed by atoms with Crippen molar-refractivity contribution < 1.29 is 4.74 Å². The SMILES string of the molecule is C1CC(CNC2CC2)(CN(CC2CC2)C2CC2)CO1. The van der Waals surface area contributed by atoms with Crippen LogP contribution in [0.5, 0.6) is 0 Å². The maximum absolute atomic E-state index is 5.77. The molecule has 19 heavy (non-hydrogen) atoms. The lowest BCUT2D eigenvalue weighted by molar-refractivity contribution is 0.101. The van der Waals surface area contributed by atoms with Crippen molar-refractivity contribution >= 4 is 0 Å². The lowest BCUT2D eigenvalue weighted by Gasteiger charge is -2.35.